The molecule has 57 heavy (non-hydrogen) atoms. The second kappa shape index (κ2) is 16.6. The minimum atomic E-state index is -4.77. The van der Waals surface area contributed by atoms with Crippen LogP contribution in [0.3, 0.4) is 0 Å². The van der Waals surface area contributed by atoms with Crippen molar-refractivity contribution in [1.29, 1.82) is 0 Å². The highest BCUT2D eigenvalue weighted by Gasteiger charge is 2.41. The number of allylic oxidation sites excluding steroid dienone is 8. The van der Waals surface area contributed by atoms with Crippen molar-refractivity contribution in [1.82, 2.24) is 0 Å². The zero-order valence-electron chi connectivity index (χ0n) is 33.0. The van der Waals surface area contributed by atoms with Crippen molar-refractivity contribution in [2.75, 3.05) is 48.2 Å². The Kier molecular flexibility index (Phi) is 12.8. The van der Waals surface area contributed by atoms with E-state index < -0.39 is 57.6 Å². The van der Waals surface area contributed by atoms with Crippen LogP contribution in [-0.4, -0.2) is 94.0 Å². The van der Waals surface area contributed by atoms with Gasteiger partial charge in [0.15, 0.2) is 0 Å². The fourth-order valence-electron chi connectivity index (χ4n) is 8.17. The number of aryl methyl sites for hydroxylation is 1. The van der Waals surface area contributed by atoms with Gasteiger partial charge in [0.1, 0.15) is 17.2 Å². The first-order valence-electron chi connectivity index (χ1n) is 18.6. The molecule has 0 saturated heterocycles. The molecule has 0 bridgehead atoms. The smallest absolute Gasteiger partial charge is 0.297 e. The van der Waals surface area contributed by atoms with Gasteiger partial charge in [-0.3, -0.25) is 4.79 Å². The van der Waals surface area contributed by atoms with Gasteiger partial charge in [-0.05, 0) is 86.6 Å². The molecular weight excluding hydrogens is 795 g/mol. The van der Waals surface area contributed by atoms with Gasteiger partial charge in [-0.25, -0.2) is 25.3 Å². The summed E-state index contributed by atoms with van der Waals surface area (Å²) in [5, 5.41) is 0. The summed E-state index contributed by atoms with van der Waals surface area (Å²) in [5.41, 5.74) is 7.17. The van der Waals surface area contributed by atoms with E-state index in [1.807, 2.05) is 66.7 Å². The molecule has 0 radical (unpaired) electrons. The number of benzene rings is 2. The zero-order valence-corrected chi connectivity index (χ0v) is 35.4. The predicted octanol–water partition coefficient (Wildman–Crippen LogP) is 4.68. The summed E-state index contributed by atoms with van der Waals surface area (Å²) in [4.78, 5) is 14.8. The third-order valence-corrected chi connectivity index (χ3v) is 13.3. The number of rotatable bonds is 14. The van der Waals surface area contributed by atoms with Crippen molar-refractivity contribution in [2.45, 2.75) is 82.4 Å². The molecule has 2 aromatic carbocycles. The van der Waals surface area contributed by atoms with E-state index in [-0.39, 0.29) is 26.1 Å². The van der Waals surface area contributed by atoms with Crippen molar-refractivity contribution in [2.24, 2.45) is 0 Å². The highest BCUT2D eigenvalue weighted by atomic mass is 32.2. The van der Waals surface area contributed by atoms with E-state index in [0.717, 1.165) is 45.8 Å². The van der Waals surface area contributed by atoms with E-state index in [0.29, 0.717) is 42.8 Å². The summed E-state index contributed by atoms with van der Waals surface area (Å²) in [6.07, 6.45) is 10.1. The number of carbonyl (C=O) groups excluding carboxylic acids is 1. The molecule has 0 N–H and O–H groups in total. The molecule has 2 aliphatic heterocycles. The van der Waals surface area contributed by atoms with E-state index in [1.165, 1.54) is 18.2 Å². The fourth-order valence-corrected chi connectivity index (χ4v) is 9.64. The first-order valence-corrected chi connectivity index (χ1v) is 23.1. The normalized spacial score (nSPS) is 21.7. The molecule has 5 rings (SSSR count). The molecule has 0 amide bonds. The SMILES string of the molecule is Cc1ccc2c(c1)C(C)(C)/C(=C/C=C1\CCCC(=C/C=C3\N(CCCS(=O)(=O)[O-])c4ccc(S(=O)(=O)[O-])cc4C3(C)C)\C1=[N+](/C)COC=O)N2CCCS(=O)(=O)[O-]. The van der Waals surface area contributed by atoms with Crippen LogP contribution in [0.1, 0.15) is 76.5 Å². The first-order chi connectivity index (χ1) is 26.5. The van der Waals surface area contributed by atoms with Crippen LogP contribution in [-0.2, 0) is 50.7 Å². The molecule has 2 aromatic rings. The highest BCUT2D eigenvalue weighted by Crippen LogP contribution is 2.50. The summed E-state index contributed by atoms with van der Waals surface area (Å²) < 4.78 is 112. The molecule has 1 saturated carbocycles. The Bertz CT molecular complexity index is 2430. The molecule has 0 atom stereocenters. The van der Waals surface area contributed by atoms with E-state index in [4.69, 9.17) is 4.74 Å². The Morgan fingerprint density at radius 1 is 0.737 bits per heavy atom. The number of ether oxygens (including phenoxy) is 1. The lowest BCUT2D eigenvalue weighted by Gasteiger charge is -2.28. The minimum Gasteiger partial charge on any atom is -0.748 e. The van der Waals surface area contributed by atoms with Crippen LogP contribution in [0.5, 0.6) is 0 Å². The number of hydrogen-bond donors (Lipinski definition) is 0. The second-order valence-corrected chi connectivity index (χ2v) is 20.1. The van der Waals surface area contributed by atoms with Gasteiger partial charge in [0.05, 0.1) is 25.1 Å². The molecule has 310 valence electrons. The van der Waals surface area contributed by atoms with Gasteiger partial charge in [0.2, 0.25) is 5.71 Å². The number of anilines is 2. The van der Waals surface area contributed by atoms with Crippen molar-refractivity contribution in [3.8, 4) is 0 Å². The topological polar surface area (TPSA) is 207 Å². The van der Waals surface area contributed by atoms with Gasteiger partial charge in [-0.2, -0.15) is 4.58 Å². The van der Waals surface area contributed by atoms with Crippen LogP contribution in [0, 0.1) is 6.92 Å². The van der Waals surface area contributed by atoms with Crippen molar-refractivity contribution in [3.63, 3.8) is 0 Å². The van der Waals surface area contributed by atoms with Gasteiger partial charge in [0, 0.05) is 69.3 Å². The maximum atomic E-state index is 12.0. The molecule has 2 heterocycles. The zero-order chi connectivity index (χ0) is 42.1. The van der Waals surface area contributed by atoms with E-state index in [1.54, 1.807) is 7.05 Å². The molecule has 0 aromatic heterocycles. The Hall–Kier alpha value is -4.13. The Morgan fingerprint density at radius 2 is 1.21 bits per heavy atom. The molecule has 14 nitrogen and oxygen atoms in total. The van der Waals surface area contributed by atoms with Gasteiger partial charge < -0.3 is 28.2 Å². The molecule has 0 unspecified atom stereocenters. The maximum Gasteiger partial charge on any atom is 0.297 e. The second-order valence-electron chi connectivity index (χ2n) is 15.7. The average Bonchev–Trinajstić information content (AvgIpc) is 3.44. The third kappa shape index (κ3) is 9.95. The van der Waals surface area contributed by atoms with Crippen LogP contribution in [0.25, 0.3) is 0 Å². The Labute approximate surface area is 336 Å². The number of hydrogen-bond acceptors (Lipinski definition) is 13. The first kappa shape index (κ1) is 44.0. The number of carbonyl (C=O) groups is 1. The highest BCUT2D eigenvalue weighted by molar-refractivity contribution is 7.86. The van der Waals surface area contributed by atoms with Crippen LogP contribution < -0.4 is 9.80 Å². The lowest BCUT2D eigenvalue weighted by Crippen LogP contribution is -2.29. The number of nitrogens with zero attached hydrogens (tertiary/aromatic N) is 3. The van der Waals surface area contributed by atoms with Gasteiger partial charge in [-0.1, -0.05) is 57.5 Å². The predicted molar refractivity (Wildman–Crippen MR) is 214 cm³/mol. The van der Waals surface area contributed by atoms with Crippen molar-refractivity contribution in [3.05, 3.63) is 99.9 Å². The van der Waals surface area contributed by atoms with E-state index >= 15 is 0 Å². The van der Waals surface area contributed by atoms with E-state index in [2.05, 4.69) is 24.8 Å². The summed E-state index contributed by atoms with van der Waals surface area (Å²) in [6, 6.07) is 10.2. The Balaban J connectivity index is 1.61. The van der Waals surface area contributed by atoms with Gasteiger partial charge >= 0.3 is 0 Å². The quantitative estimate of drug-likeness (QED) is 0.110. The summed E-state index contributed by atoms with van der Waals surface area (Å²) in [5.74, 6) is -1.08. The monoisotopic (exact) mass is 843 g/mol. The fraction of sp³-hybridized carbons (Fsp3) is 0.450. The number of fused-ring (bicyclic) bond motifs is 2. The molecule has 17 heteroatoms. The van der Waals surface area contributed by atoms with Crippen LogP contribution in [0.2, 0.25) is 0 Å². The van der Waals surface area contributed by atoms with Gasteiger partial charge in [-0.15, -0.1) is 0 Å². The Morgan fingerprint density at radius 3 is 1.67 bits per heavy atom. The van der Waals surface area contributed by atoms with Crippen LogP contribution in [0.15, 0.2) is 88.1 Å². The largest absolute Gasteiger partial charge is 0.748 e. The summed E-state index contributed by atoms with van der Waals surface area (Å²) in [7, 11) is -11.9. The average molecular weight is 844 g/mol. The molecule has 3 aliphatic rings. The lowest BCUT2D eigenvalue weighted by atomic mass is 9.82. The van der Waals surface area contributed by atoms with Crippen molar-refractivity contribution < 1.29 is 53.0 Å². The van der Waals surface area contributed by atoms with E-state index in [9.17, 15) is 43.7 Å². The summed E-state index contributed by atoms with van der Waals surface area (Å²) >= 11 is 0. The standard InChI is InChI=1S/C40H51N3O11S3/c1-28-12-16-34-32(24-28)39(2,3)36(42(34)20-8-22-55(45,46)47)18-13-29-10-7-11-30(38(29)41(6)26-54-27-44)14-19-37-40(4,5)33-25-31(57(51,52)53)15-17-35(33)43(37)21-9-23-56(48,49)50/h12-19,24-25,27H,7-11,20-23,26H2,1-6H3,(H2-,45,46,47,48,49,50,51,52,53)/p-2. The summed E-state index contributed by atoms with van der Waals surface area (Å²) in [6.45, 7) is 10.7. The molecule has 1 fully saturated rings. The molecule has 1 aliphatic carbocycles. The van der Waals surface area contributed by atoms with Crippen LogP contribution >= 0.6 is 0 Å². The molecular formula is C40H49N3O11S3-2. The minimum absolute atomic E-state index is 0.00503. The van der Waals surface area contributed by atoms with Gasteiger partial charge in [0.25, 0.3) is 13.2 Å². The third-order valence-electron chi connectivity index (χ3n) is 10.9. The maximum absolute atomic E-state index is 12.0. The lowest BCUT2D eigenvalue weighted by molar-refractivity contribution is -0.533. The van der Waals surface area contributed by atoms with Crippen molar-refractivity contribution >= 4 is 53.9 Å². The van der Waals surface area contributed by atoms with Crippen LogP contribution in [0.4, 0.5) is 11.4 Å². The molecule has 0 spiro atoms.